The van der Waals surface area contributed by atoms with Gasteiger partial charge >= 0.3 is 0 Å². The second kappa shape index (κ2) is 5.26. The highest BCUT2D eigenvalue weighted by atomic mass is 32.1. The fourth-order valence-electron chi connectivity index (χ4n) is 2.51. The van der Waals surface area contributed by atoms with Gasteiger partial charge in [-0.3, -0.25) is 14.5 Å². The van der Waals surface area contributed by atoms with Crippen molar-refractivity contribution >= 4 is 50.5 Å². The number of hydrogen-bond acceptors (Lipinski definition) is 6. The maximum atomic E-state index is 12.7. The van der Waals surface area contributed by atoms with Gasteiger partial charge in [-0.25, -0.2) is 9.97 Å². The SMILES string of the molecule is O=C(c1cccs1)c1nc(N2CCCC2=O)nc2ccsc12. The van der Waals surface area contributed by atoms with E-state index in [1.54, 1.807) is 11.0 Å². The molecule has 0 N–H and O–H groups in total. The number of carbonyl (C=O) groups is 2. The van der Waals surface area contributed by atoms with Crippen LogP contribution in [0.2, 0.25) is 0 Å². The van der Waals surface area contributed by atoms with Crippen LogP contribution >= 0.6 is 22.7 Å². The Morgan fingerprint density at radius 3 is 2.82 bits per heavy atom. The summed E-state index contributed by atoms with van der Waals surface area (Å²) in [6, 6.07) is 5.49. The molecule has 110 valence electrons. The summed E-state index contributed by atoms with van der Waals surface area (Å²) in [7, 11) is 0. The number of anilines is 1. The van der Waals surface area contributed by atoms with E-state index >= 15 is 0 Å². The number of fused-ring (bicyclic) bond motifs is 1. The normalized spacial score (nSPS) is 14.9. The Balaban J connectivity index is 1.87. The summed E-state index contributed by atoms with van der Waals surface area (Å²) >= 11 is 2.84. The molecule has 1 aliphatic rings. The molecule has 1 saturated heterocycles. The first-order valence-electron chi connectivity index (χ1n) is 6.88. The van der Waals surface area contributed by atoms with E-state index < -0.39 is 0 Å². The third kappa shape index (κ3) is 2.13. The Kier molecular flexibility index (Phi) is 3.24. The number of nitrogens with zero attached hydrogens (tertiary/aromatic N) is 3. The Labute approximate surface area is 134 Å². The molecule has 1 aliphatic heterocycles. The van der Waals surface area contributed by atoms with E-state index in [0.29, 0.717) is 29.5 Å². The second-order valence-corrected chi connectivity index (χ2v) is 6.83. The van der Waals surface area contributed by atoms with Gasteiger partial charge in [-0.1, -0.05) is 6.07 Å². The van der Waals surface area contributed by atoms with Gasteiger partial charge in [-0.05, 0) is 29.3 Å². The highest BCUT2D eigenvalue weighted by molar-refractivity contribution is 7.17. The molecule has 1 fully saturated rings. The first-order chi connectivity index (χ1) is 10.7. The molecular formula is C15H11N3O2S2. The monoisotopic (exact) mass is 329 g/mol. The van der Waals surface area contributed by atoms with Crippen molar-refractivity contribution in [2.75, 3.05) is 11.4 Å². The van der Waals surface area contributed by atoms with Crippen LogP contribution in [-0.4, -0.2) is 28.2 Å². The quantitative estimate of drug-likeness (QED) is 0.693. The topological polar surface area (TPSA) is 63.2 Å². The summed E-state index contributed by atoms with van der Waals surface area (Å²) in [6.45, 7) is 0.612. The van der Waals surface area contributed by atoms with Gasteiger partial charge in [-0.15, -0.1) is 22.7 Å². The molecule has 0 aromatic carbocycles. The van der Waals surface area contributed by atoms with E-state index in [2.05, 4.69) is 9.97 Å². The molecule has 0 atom stereocenters. The Morgan fingerprint density at radius 2 is 2.09 bits per heavy atom. The number of rotatable bonds is 3. The lowest BCUT2D eigenvalue weighted by Crippen LogP contribution is -2.26. The minimum atomic E-state index is -0.113. The number of hydrogen-bond donors (Lipinski definition) is 0. The summed E-state index contributed by atoms with van der Waals surface area (Å²) in [5.74, 6) is 0.246. The molecule has 3 aromatic rings. The molecule has 0 bridgehead atoms. The van der Waals surface area contributed by atoms with Gasteiger partial charge in [0.25, 0.3) is 0 Å². The molecular weight excluding hydrogens is 318 g/mol. The molecule has 0 radical (unpaired) electrons. The number of ketones is 1. The van der Waals surface area contributed by atoms with E-state index in [0.717, 1.165) is 16.6 Å². The average Bonchev–Trinajstić information content (AvgIpc) is 3.26. The van der Waals surface area contributed by atoms with Crippen molar-refractivity contribution in [2.24, 2.45) is 0 Å². The molecule has 5 nitrogen and oxygen atoms in total. The zero-order valence-electron chi connectivity index (χ0n) is 11.5. The lowest BCUT2D eigenvalue weighted by atomic mass is 10.2. The molecule has 0 aliphatic carbocycles. The van der Waals surface area contributed by atoms with Crippen LogP contribution in [0.4, 0.5) is 5.95 Å². The highest BCUT2D eigenvalue weighted by Gasteiger charge is 2.27. The van der Waals surface area contributed by atoms with Crippen molar-refractivity contribution in [3.63, 3.8) is 0 Å². The first-order valence-corrected chi connectivity index (χ1v) is 8.64. The lowest BCUT2D eigenvalue weighted by molar-refractivity contribution is -0.117. The van der Waals surface area contributed by atoms with Gasteiger partial charge in [0.05, 0.1) is 15.1 Å². The van der Waals surface area contributed by atoms with Gasteiger partial charge in [-0.2, -0.15) is 0 Å². The zero-order chi connectivity index (χ0) is 15.1. The lowest BCUT2D eigenvalue weighted by Gasteiger charge is -2.14. The molecule has 4 rings (SSSR count). The molecule has 0 saturated carbocycles. The third-order valence-corrected chi connectivity index (χ3v) is 5.35. The van der Waals surface area contributed by atoms with Crippen molar-refractivity contribution in [3.05, 3.63) is 39.5 Å². The summed E-state index contributed by atoms with van der Waals surface area (Å²) in [6.07, 6.45) is 1.32. The predicted octanol–water partition coefficient (Wildman–Crippen LogP) is 3.11. The largest absolute Gasteiger partial charge is 0.286 e. The number of thiophene rings is 2. The molecule has 0 spiro atoms. The second-order valence-electron chi connectivity index (χ2n) is 4.96. The zero-order valence-corrected chi connectivity index (χ0v) is 13.1. The smallest absolute Gasteiger partial charge is 0.233 e. The van der Waals surface area contributed by atoms with Crippen LogP contribution < -0.4 is 4.90 Å². The van der Waals surface area contributed by atoms with Crippen LogP contribution in [0.5, 0.6) is 0 Å². The van der Waals surface area contributed by atoms with Crippen LogP contribution in [0.25, 0.3) is 10.2 Å². The Bertz CT molecular complexity index is 870. The summed E-state index contributed by atoms with van der Waals surface area (Å²) in [5, 5.41) is 3.76. The van der Waals surface area contributed by atoms with E-state index in [1.165, 1.54) is 22.7 Å². The van der Waals surface area contributed by atoms with Crippen LogP contribution in [-0.2, 0) is 4.79 Å². The molecule has 3 aromatic heterocycles. The third-order valence-electron chi connectivity index (χ3n) is 3.57. The predicted molar refractivity (Wildman–Crippen MR) is 86.8 cm³/mol. The van der Waals surface area contributed by atoms with Crippen molar-refractivity contribution < 1.29 is 9.59 Å². The van der Waals surface area contributed by atoms with Crippen molar-refractivity contribution in [3.8, 4) is 0 Å². The number of carbonyl (C=O) groups excluding carboxylic acids is 2. The average molecular weight is 329 g/mol. The van der Waals surface area contributed by atoms with Crippen LogP contribution in [0, 0.1) is 0 Å². The molecule has 7 heteroatoms. The molecule has 4 heterocycles. The fraction of sp³-hybridized carbons (Fsp3) is 0.200. The van der Waals surface area contributed by atoms with Gasteiger partial charge in [0.1, 0.15) is 5.69 Å². The summed E-state index contributed by atoms with van der Waals surface area (Å²) in [4.78, 5) is 35.7. The van der Waals surface area contributed by atoms with Gasteiger partial charge in [0.2, 0.25) is 17.6 Å². The maximum Gasteiger partial charge on any atom is 0.233 e. The molecule has 22 heavy (non-hydrogen) atoms. The Morgan fingerprint density at radius 1 is 1.18 bits per heavy atom. The summed E-state index contributed by atoms with van der Waals surface area (Å²) < 4.78 is 0.772. The van der Waals surface area contributed by atoms with Crippen molar-refractivity contribution in [2.45, 2.75) is 12.8 Å². The van der Waals surface area contributed by atoms with E-state index in [1.807, 2.05) is 22.9 Å². The highest BCUT2D eigenvalue weighted by Crippen LogP contribution is 2.28. The van der Waals surface area contributed by atoms with Crippen LogP contribution in [0.15, 0.2) is 29.0 Å². The van der Waals surface area contributed by atoms with E-state index in [-0.39, 0.29) is 11.7 Å². The fourth-order valence-corrected chi connectivity index (χ4v) is 3.99. The summed E-state index contributed by atoms with van der Waals surface area (Å²) in [5.41, 5.74) is 1.10. The minimum Gasteiger partial charge on any atom is -0.286 e. The van der Waals surface area contributed by atoms with Crippen LogP contribution in [0.1, 0.15) is 28.2 Å². The van der Waals surface area contributed by atoms with E-state index in [9.17, 15) is 9.59 Å². The number of amides is 1. The first kappa shape index (κ1) is 13.5. The Hall–Kier alpha value is -2.12. The van der Waals surface area contributed by atoms with Gasteiger partial charge in [0, 0.05) is 13.0 Å². The van der Waals surface area contributed by atoms with Crippen molar-refractivity contribution in [1.29, 1.82) is 0 Å². The van der Waals surface area contributed by atoms with Gasteiger partial charge in [0.15, 0.2) is 0 Å². The minimum absolute atomic E-state index is 0.0177. The van der Waals surface area contributed by atoms with Crippen LogP contribution in [0.3, 0.4) is 0 Å². The maximum absolute atomic E-state index is 12.7. The molecule has 0 unspecified atom stereocenters. The number of aromatic nitrogens is 2. The van der Waals surface area contributed by atoms with Gasteiger partial charge < -0.3 is 0 Å². The molecule has 1 amide bonds. The standard InChI is InChI=1S/C15H11N3O2S2/c19-11-4-1-6-18(11)15-16-9-5-8-22-14(9)12(17-15)13(20)10-3-2-7-21-10/h2-3,5,7-8H,1,4,6H2. The van der Waals surface area contributed by atoms with E-state index in [4.69, 9.17) is 0 Å². The van der Waals surface area contributed by atoms with Crippen molar-refractivity contribution in [1.82, 2.24) is 9.97 Å².